The van der Waals surface area contributed by atoms with E-state index in [0.717, 1.165) is 89.3 Å². The highest BCUT2D eigenvalue weighted by atomic mass is 15.0. The fraction of sp³-hybridized carbons (Fsp3) is 0. The number of nitrogens with one attached hydrogen (secondary N) is 2. The summed E-state index contributed by atoms with van der Waals surface area (Å²) < 4.78 is 2.32. The Bertz CT molecular complexity index is 3690. The van der Waals surface area contributed by atoms with E-state index in [1.165, 1.54) is 10.8 Å². The number of fused-ring (bicyclic) bond motifs is 4. The minimum Gasteiger partial charge on any atom is -0.354 e. The molecule has 3 heterocycles. The zero-order chi connectivity index (χ0) is 45.4. The molecule has 0 unspecified atom stereocenters. The summed E-state index contributed by atoms with van der Waals surface area (Å²) in [7, 11) is 0. The highest BCUT2D eigenvalue weighted by Crippen LogP contribution is 2.39. The number of para-hydroxylation sites is 2. The van der Waals surface area contributed by atoms with Crippen LogP contribution in [0.5, 0.6) is 0 Å². The molecule has 9 aromatic carbocycles. The van der Waals surface area contributed by atoms with Crippen LogP contribution in [0, 0.1) is 5.41 Å². The first kappa shape index (κ1) is 40.3. The maximum atomic E-state index is 9.62. The van der Waals surface area contributed by atoms with Gasteiger partial charge in [0.2, 0.25) is 0 Å². The average Bonchev–Trinajstić information content (AvgIpc) is 3.76. The van der Waals surface area contributed by atoms with Crippen molar-refractivity contribution in [2.45, 2.75) is 0 Å². The predicted octanol–water partition coefficient (Wildman–Crippen LogP) is 14.7. The molecule has 0 amide bonds. The molecule has 0 spiro atoms. The molecule has 6 heteroatoms. The zero-order valence-corrected chi connectivity index (χ0v) is 36.9. The number of allylic oxidation sites excluding steroid dienone is 1. The first-order valence-electron chi connectivity index (χ1n) is 22.8. The lowest BCUT2D eigenvalue weighted by atomic mass is 9.87. The van der Waals surface area contributed by atoms with Crippen LogP contribution in [0.1, 0.15) is 27.8 Å². The molecule has 6 nitrogen and oxygen atoms in total. The maximum Gasteiger partial charge on any atom is 0.164 e. The lowest BCUT2D eigenvalue weighted by Crippen LogP contribution is -2.20. The monoisotopic (exact) mass is 870 g/mol. The molecule has 0 radical (unpaired) electrons. The normalized spacial score (nSPS) is 12.9. The second-order valence-electron chi connectivity index (χ2n) is 16.9. The Morgan fingerprint density at radius 2 is 0.882 bits per heavy atom. The van der Waals surface area contributed by atoms with Gasteiger partial charge in [0.1, 0.15) is 0 Å². The van der Waals surface area contributed by atoms with Crippen LogP contribution in [0.25, 0.3) is 95.8 Å². The van der Waals surface area contributed by atoms with E-state index in [0.29, 0.717) is 23.2 Å². The van der Waals surface area contributed by atoms with E-state index in [1.807, 2.05) is 84.9 Å². The lowest BCUT2D eigenvalue weighted by Gasteiger charge is -2.26. The van der Waals surface area contributed by atoms with Gasteiger partial charge >= 0.3 is 0 Å². The molecular formula is C62H42N6. The molecule has 0 atom stereocenters. The van der Waals surface area contributed by atoms with E-state index < -0.39 is 0 Å². The van der Waals surface area contributed by atoms with Crippen molar-refractivity contribution in [1.82, 2.24) is 24.8 Å². The van der Waals surface area contributed by atoms with Crippen molar-refractivity contribution in [2.24, 2.45) is 0 Å². The molecule has 0 bridgehead atoms. The van der Waals surface area contributed by atoms with Crippen molar-refractivity contribution in [3.63, 3.8) is 0 Å². The third-order valence-corrected chi connectivity index (χ3v) is 12.7. The summed E-state index contributed by atoms with van der Waals surface area (Å²) >= 11 is 0. The Hall–Kier alpha value is -9.26. The van der Waals surface area contributed by atoms with Crippen molar-refractivity contribution in [3.05, 3.63) is 264 Å². The summed E-state index contributed by atoms with van der Waals surface area (Å²) in [6.45, 7) is 0. The van der Waals surface area contributed by atoms with Gasteiger partial charge in [-0.1, -0.05) is 206 Å². The molecule has 11 aromatic rings. The minimum atomic E-state index is 0.451. The van der Waals surface area contributed by atoms with E-state index in [1.54, 1.807) is 0 Å². The van der Waals surface area contributed by atoms with Gasteiger partial charge in [-0.25, -0.2) is 15.0 Å². The van der Waals surface area contributed by atoms with Gasteiger partial charge in [0.05, 0.1) is 22.4 Å². The summed E-state index contributed by atoms with van der Waals surface area (Å²) in [6, 6.07) is 81.4. The van der Waals surface area contributed by atoms with Crippen LogP contribution in [-0.4, -0.2) is 25.2 Å². The Morgan fingerprint density at radius 1 is 0.397 bits per heavy atom. The first-order chi connectivity index (χ1) is 33.6. The predicted molar refractivity (Wildman–Crippen MR) is 280 cm³/mol. The van der Waals surface area contributed by atoms with Crippen molar-refractivity contribution in [1.29, 1.82) is 5.41 Å². The SMILES string of the molecule is N=C(/C(=C1\NC(c2ccccc2)=Cc2cc(-c3ccc(-c4nc(-c5ccccc5)nc(-c5cccc(-n6c7ccccc7c7ccccc76)c5)n4)cc3)ccc21)c1ccccc1)c1ccccc1. The average molecular weight is 871 g/mol. The second kappa shape index (κ2) is 17.3. The van der Waals surface area contributed by atoms with Gasteiger partial charge in [0, 0.05) is 55.5 Å². The molecule has 68 heavy (non-hydrogen) atoms. The maximum absolute atomic E-state index is 9.62. The number of hydrogen-bond acceptors (Lipinski definition) is 5. The van der Waals surface area contributed by atoms with E-state index >= 15 is 0 Å². The summed E-state index contributed by atoms with van der Waals surface area (Å²) in [5, 5.41) is 15.8. The van der Waals surface area contributed by atoms with Gasteiger partial charge in [-0.3, -0.25) is 5.41 Å². The largest absolute Gasteiger partial charge is 0.354 e. The molecular weight excluding hydrogens is 829 g/mol. The summed E-state index contributed by atoms with van der Waals surface area (Å²) in [4.78, 5) is 15.3. The number of benzene rings is 9. The van der Waals surface area contributed by atoms with E-state index in [-0.39, 0.29) is 0 Å². The summed E-state index contributed by atoms with van der Waals surface area (Å²) in [5.41, 5.74) is 16.3. The van der Waals surface area contributed by atoms with E-state index in [9.17, 15) is 5.41 Å². The molecule has 0 aliphatic carbocycles. The summed E-state index contributed by atoms with van der Waals surface area (Å²) in [6.07, 6.45) is 2.22. The van der Waals surface area contributed by atoms with Gasteiger partial charge in [-0.2, -0.15) is 0 Å². The standard InChI is InChI=1S/C62H42N6/c63-58(44-22-9-3-10-23-44)57(43-20-7-2-8-21-43)59-51-37-36-47(38-49(51)40-54(64-59)42-18-5-1-6-19-42)41-32-34-46(35-33-41)61-65-60(45-24-11-4-12-25-45)66-62(67-61)48-26-17-27-50(39-48)68-55-30-15-13-28-52(55)53-29-14-16-31-56(53)68/h1-40,63-64H/b59-57-,63-58?. The highest BCUT2D eigenvalue weighted by Gasteiger charge is 2.24. The van der Waals surface area contributed by atoms with Crippen LogP contribution in [-0.2, 0) is 0 Å². The Balaban J connectivity index is 0.945. The van der Waals surface area contributed by atoms with Gasteiger partial charge < -0.3 is 9.88 Å². The smallest absolute Gasteiger partial charge is 0.164 e. The lowest BCUT2D eigenvalue weighted by molar-refractivity contribution is 1.07. The second-order valence-corrected chi connectivity index (χ2v) is 16.9. The molecule has 0 saturated heterocycles. The molecule has 1 aliphatic rings. The molecule has 2 aromatic heterocycles. The molecule has 12 rings (SSSR count). The van der Waals surface area contributed by atoms with Crippen molar-refractivity contribution >= 4 is 50.6 Å². The fourth-order valence-corrected chi connectivity index (χ4v) is 9.37. The highest BCUT2D eigenvalue weighted by molar-refractivity contribution is 6.36. The van der Waals surface area contributed by atoms with Crippen LogP contribution in [0.15, 0.2) is 237 Å². The topological polar surface area (TPSA) is 79.5 Å². The van der Waals surface area contributed by atoms with Gasteiger partial charge in [-0.15, -0.1) is 0 Å². The minimum absolute atomic E-state index is 0.451. The molecule has 320 valence electrons. The molecule has 0 saturated carbocycles. The van der Waals surface area contributed by atoms with Gasteiger partial charge in [0.15, 0.2) is 17.5 Å². The molecule has 2 N–H and O–H groups in total. The van der Waals surface area contributed by atoms with Gasteiger partial charge in [0.25, 0.3) is 0 Å². The number of nitrogens with zero attached hydrogens (tertiary/aromatic N) is 4. The van der Waals surface area contributed by atoms with Crippen LogP contribution >= 0.6 is 0 Å². The van der Waals surface area contributed by atoms with E-state index in [4.69, 9.17) is 15.0 Å². The van der Waals surface area contributed by atoms with Crippen molar-refractivity contribution in [3.8, 4) is 51.0 Å². The Morgan fingerprint density at radius 3 is 1.51 bits per heavy atom. The van der Waals surface area contributed by atoms with Crippen LogP contribution < -0.4 is 5.32 Å². The number of hydrogen-bond donors (Lipinski definition) is 2. The quantitative estimate of drug-likeness (QED) is 0.142. The number of rotatable bonds is 9. The van der Waals surface area contributed by atoms with Crippen LogP contribution in [0.3, 0.4) is 0 Å². The third-order valence-electron chi connectivity index (χ3n) is 12.7. The Kier molecular flexibility index (Phi) is 10.2. The molecule has 1 aliphatic heterocycles. The van der Waals surface area contributed by atoms with E-state index in [2.05, 4.69) is 168 Å². The summed E-state index contributed by atoms with van der Waals surface area (Å²) in [5.74, 6) is 1.81. The first-order valence-corrected chi connectivity index (χ1v) is 22.8. The fourth-order valence-electron chi connectivity index (χ4n) is 9.37. The zero-order valence-electron chi connectivity index (χ0n) is 36.9. The van der Waals surface area contributed by atoms with Gasteiger partial charge in [-0.05, 0) is 64.2 Å². The Labute approximate surface area is 394 Å². The van der Waals surface area contributed by atoms with Crippen molar-refractivity contribution < 1.29 is 0 Å². The van der Waals surface area contributed by atoms with Crippen LogP contribution in [0.4, 0.5) is 0 Å². The number of aromatic nitrogens is 4. The van der Waals surface area contributed by atoms with Crippen molar-refractivity contribution in [2.75, 3.05) is 0 Å². The third kappa shape index (κ3) is 7.46. The molecule has 0 fully saturated rings. The van der Waals surface area contributed by atoms with Crippen LogP contribution in [0.2, 0.25) is 0 Å².